The van der Waals surface area contributed by atoms with Crippen molar-refractivity contribution in [1.82, 2.24) is 0 Å². The Labute approximate surface area is 119 Å². The number of rotatable bonds is 11. The van der Waals surface area contributed by atoms with Crippen LogP contribution in [0.5, 0.6) is 0 Å². The Balaban J connectivity index is 4.26. The van der Waals surface area contributed by atoms with E-state index in [9.17, 15) is 0 Å². The van der Waals surface area contributed by atoms with Crippen LogP contribution in [0.25, 0.3) is 0 Å². The second-order valence-electron chi connectivity index (χ2n) is 4.89. The van der Waals surface area contributed by atoms with Gasteiger partial charge in [0.15, 0.2) is 0 Å². The van der Waals surface area contributed by atoms with Crippen molar-refractivity contribution in [2.45, 2.75) is 84.2 Å². The summed E-state index contributed by atoms with van der Waals surface area (Å²) in [6.07, 6.45) is 14.7. The molecular formula is C15H30BrP. The summed E-state index contributed by atoms with van der Waals surface area (Å²) in [4.78, 5) is 0. The van der Waals surface area contributed by atoms with Crippen molar-refractivity contribution in [1.29, 1.82) is 0 Å². The first-order chi connectivity index (χ1) is 8.28. The van der Waals surface area contributed by atoms with Gasteiger partial charge in [-0.25, -0.2) is 0 Å². The first-order valence-corrected chi connectivity index (χ1v) is 10.7. The van der Waals surface area contributed by atoms with E-state index in [0.29, 0.717) is 0 Å². The average Bonchev–Trinajstić information content (AvgIpc) is 2.36. The molecule has 0 N–H and O–H groups in total. The van der Waals surface area contributed by atoms with Crippen LogP contribution in [0.15, 0.2) is 11.6 Å². The maximum atomic E-state index is 3.69. The zero-order chi connectivity index (χ0) is 12.9. The van der Waals surface area contributed by atoms with E-state index in [2.05, 4.69) is 42.3 Å². The van der Waals surface area contributed by atoms with E-state index in [4.69, 9.17) is 0 Å². The molecule has 0 aliphatic carbocycles. The highest BCUT2D eigenvalue weighted by atomic mass is 79.9. The molecule has 0 radical (unpaired) electrons. The van der Waals surface area contributed by atoms with Crippen molar-refractivity contribution in [3.05, 3.63) is 11.6 Å². The maximum absolute atomic E-state index is 3.69. The molecule has 0 aromatic rings. The lowest BCUT2D eigenvalue weighted by molar-refractivity contribution is 0.695. The minimum atomic E-state index is 0.790. The number of unbranched alkanes of at least 4 members (excludes halogenated alkanes) is 3. The van der Waals surface area contributed by atoms with Crippen molar-refractivity contribution in [2.24, 2.45) is 0 Å². The van der Waals surface area contributed by atoms with Gasteiger partial charge in [-0.05, 0) is 39.4 Å². The predicted octanol–water partition coefficient (Wildman–Crippen LogP) is 6.84. The van der Waals surface area contributed by atoms with E-state index in [1.165, 1.54) is 57.8 Å². The summed E-state index contributed by atoms with van der Waals surface area (Å²) in [5.41, 5.74) is 2.51. The molecule has 0 aromatic heterocycles. The SMILES string of the molecule is CCCCC(=CC(CCCC)PBr)CCCC. The Morgan fingerprint density at radius 3 is 1.94 bits per heavy atom. The molecule has 2 atom stereocenters. The van der Waals surface area contributed by atoms with Gasteiger partial charge in [0.2, 0.25) is 0 Å². The van der Waals surface area contributed by atoms with E-state index in [1.807, 2.05) is 0 Å². The zero-order valence-corrected chi connectivity index (χ0v) is 14.5. The zero-order valence-electron chi connectivity index (χ0n) is 11.9. The summed E-state index contributed by atoms with van der Waals surface area (Å²) in [6, 6.07) is 0. The third-order valence-corrected chi connectivity index (χ3v) is 5.65. The van der Waals surface area contributed by atoms with Crippen molar-refractivity contribution < 1.29 is 0 Å². The smallest absolute Gasteiger partial charge is 0.00439 e. The molecular weight excluding hydrogens is 291 g/mol. The molecule has 17 heavy (non-hydrogen) atoms. The van der Waals surface area contributed by atoms with Crippen LogP contribution < -0.4 is 0 Å². The molecule has 0 nitrogen and oxygen atoms in total. The number of halogens is 1. The lowest BCUT2D eigenvalue weighted by atomic mass is 10.0. The van der Waals surface area contributed by atoms with E-state index in [-0.39, 0.29) is 0 Å². The van der Waals surface area contributed by atoms with E-state index in [1.54, 1.807) is 5.57 Å². The van der Waals surface area contributed by atoms with Crippen LogP contribution in [0.2, 0.25) is 0 Å². The Morgan fingerprint density at radius 1 is 1.00 bits per heavy atom. The standard InChI is InChI=1S/C15H30BrP/c1-4-7-10-14(11-8-5-2)13-15(17-16)12-9-6-3/h13,15,17H,4-12H2,1-3H3. The molecule has 0 aliphatic heterocycles. The Bertz CT molecular complexity index is 179. The van der Waals surface area contributed by atoms with Crippen molar-refractivity contribution in [3.63, 3.8) is 0 Å². The van der Waals surface area contributed by atoms with Gasteiger partial charge in [0.05, 0.1) is 0 Å². The van der Waals surface area contributed by atoms with Crippen LogP contribution >= 0.6 is 22.8 Å². The molecule has 0 rings (SSSR count). The van der Waals surface area contributed by atoms with Gasteiger partial charge >= 0.3 is 0 Å². The molecule has 0 heterocycles. The molecule has 0 fully saturated rings. The van der Waals surface area contributed by atoms with Gasteiger partial charge in [0, 0.05) is 5.66 Å². The summed E-state index contributed by atoms with van der Waals surface area (Å²) >= 11 is 3.69. The Kier molecular flexibility index (Phi) is 13.6. The van der Waals surface area contributed by atoms with Crippen LogP contribution in [0.4, 0.5) is 0 Å². The molecule has 0 saturated heterocycles. The number of hydrogen-bond acceptors (Lipinski definition) is 0. The highest BCUT2D eigenvalue weighted by Crippen LogP contribution is 2.33. The topological polar surface area (TPSA) is 0 Å². The lowest BCUT2D eigenvalue weighted by Gasteiger charge is -2.13. The monoisotopic (exact) mass is 320 g/mol. The molecule has 0 aliphatic rings. The van der Waals surface area contributed by atoms with Gasteiger partial charge in [-0.2, -0.15) is 0 Å². The molecule has 102 valence electrons. The van der Waals surface area contributed by atoms with Crippen molar-refractivity contribution in [3.8, 4) is 0 Å². The first-order valence-electron chi connectivity index (χ1n) is 7.34. The summed E-state index contributed by atoms with van der Waals surface area (Å²) < 4.78 is 0. The van der Waals surface area contributed by atoms with Crippen LogP contribution in [0, 0.1) is 0 Å². The fourth-order valence-corrected chi connectivity index (χ4v) is 3.67. The lowest BCUT2D eigenvalue weighted by Crippen LogP contribution is -1.97. The van der Waals surface area contributed by atoms with Gasteiger partial charge in [-0.3, -0.25) is 0 Å². The highest BCUT2D eigenvalue weighted by molar-refractivity contribution is 9.36. The number of hydrogen-bond donors (Lipinski definition) is 0. The van der Waals surface area contributed by atoms with Crippen LogP contribution in [0.3, 0.4) is 0 Å². The summed E-state index contributed by atoms with van der Waals surface area (Å²) in [6.45, 7) is 6.86. The number of allylic oxidation sites excluding steroid dienone is 2. The second-order valence-corrected chi connectivity index (χ2v) is 7.22. The summed E-state index contributed by atoms with van der Waals surface area (Å²) in [7, 11) is 0.898. The van der Waals surface area contributed by atoms with E-state index < -0.39 is 0 Å². The second kappa shape index (κ2) is 13.1. The normalized spacial score (nSPS) is 13.2. The quantitative estimate of drug-likeness (QED) is 0.289. The van der Waals surface area contributed by atoms with Gasteiger partial charge in [0.1, 0.15) is 0 Å². The predicted molar refractivity (Wildman–Crippen MR) is 87.7 cm³/mol. The minimum absolute atomic E-state index is 0.790. The molecule has 0 amide bonds. The first kappa shape index (κ1) is 17.6. The van der Waals surface area contributed by atoms with Crippen molar-refractivity contribution >= 4 is 22.8 Å². The third-order valence-electron chi connectivity index (χ3n) is 3.15. The summed E-state index contributed by atoms with van der Waals surface area (Å²) in [5.74, 6) is 0. The van der Waals surface area contributed by atoms with Crippen LogP contribution in [-0.2, 0) is 0 Å². The molecule has 2 heteroatoms. The fraction of sp³-hybridized carbons (Fsp3) is 0.867. The average molecular weight is 321 g/mol. The summed E-state index contributed by atoms with van der Waals surface area (Å²) in [5, 5.41) is 0. The van der Waals surface area contributed by atoms with Gasteiger partial charge in [0.25, 0.3) is 0 Å². The van der Waals surface area contributed by atoms with Gasteiger partial charge in [-0.1, -0.05) is 73.6 Å². The molecule has 0 saturated carbocycles. The van der Waals surface area contributed by atoms with Gasteiger partial charge in [-0.15, -0.1) is 0 Å². The minimum Gasteiger partial charge on any atom is -0.0774 e. The highest BCUT2D eigenvalue weighted by Gasteiger charge is 2.05. The fourth-order valence-electron chi connectivity index (χ4n) is 1.98. The van der Waals surface area contributed by atoms with Crippen LogP contribution in [-0.4, -0.2) is 5.66 Å². The molecule has 2 unspecified atom stereocenters. The molecule has 0 spiro atoms. The van der Waals surface area contributed by atoms with E-state index >= 15 is 0 Å². The molecule has 0 bridgehead atoms. The molecule has 0 aromatic carbocycles. The Hall–Kier alpha value is 0.650. The third kappa shape index (κ3) is 10.3. The maximum Gasteiger partial charge on any atom is 0.00439 e. The van der Waals surface area contributed by atoms with Gasteiger partial charge < -0.3 is 0 Å². The van der Waals surface area contributed by atoms with Crippen molar-refractivity contribution in [2.75, 3.05) is 0 Å². The van der Waals surface area contributed by atoms with E-state index in [0.717, 1.165) is 12.9 Å². The Morgan fingerprint density at radius 2 is 1.53 bits per heavy atom. The van der Waals surface area contributed by atoms with Crippen LogP contribution in [0.1, 0.15) is 78.6 Å². The largest absolute Gasteiger partial charge is 0.0774 e.